The molecule has 6 nitrogen and oxygen atoms in total. The van der Waals surface area contributed by atoms with Crippen LogP contribution in [0.5, 0.6) is 0 Å². The van der Waals surface area contributed by atoms with E-state index in [1.54, 1.807) is 4.68 Å². The Labute approximate surface area is 120 Å². The average Bonchev–Trinajstić information content (AvgIpc) is 2.97. The largest absolute Gasteiger partial charge is 0.268 e. The van der Waals surface area contributed by atoms with Crippen LogP contribution in [0.1, 0.15) is 5.69 Å². The molecule has 2 heterocycles. The molecule has 0 saturated heterocycles. The molecule has 0 aliphatic rings. The van der Waals surface area contributed by atoms with Crippen LogP contribution in [0.25, 0.3) is 10.9 Å². The van der Waals surface area contributed by atoms with Gasteiger partial charge in [0.25, 0.3) is 9.05 Å². The Bertz CT molecular complexity index is 882. The number of para-hydroxylation sites is 1. The van der Waals surface area contributed by atoms with Crippen molar-refractivity contribution in [3.63, 3.8) is 0 Å². The van der Waals surface area contributed by atoms with Gasteiger partial charge in [-0.05, 0) is 6.07 Å². The topological polar surface area (TPSA) is 69.8 Å². The number of halogens is 1. The van der Waals surface area contributed by atoms with Crippen molar-refractivity contribution >= 4 is 30.6 Å². The van der Waals surface area contributed by atoms with Crippen molar-refractivity contribution < 1.29 is 8.42 Å². The molecular formula is C12H11ClN4O2S. The first kappa shape index (κ1) is 13.1. The summed E-state index contributed by atoms with van der Waals surface area (Å²) in [5.74, 6) is 0. The summed E-state index contributed by atoms with van der Waals surface area (Å²) in [6, 6.07) is 7.83. The van der Waals surface area contributed by atoms with Crippen LogP contribution in [0.2, 0.25) is 0 Å². The van der Waals surface area contributed by atoms with Gasteiger partial charge in [0.05, 0.1) is 24.0 Å². The Balaban J connectivity index is 2.00. The lowest BCUT2D eigenvalue weighted by molar-refractivity contribution is 0.609. The van der Waals surface area contributed by atoms with Crippen LogP contribution >= 0.6 is 10.7 Å². The highest BCUT2D eigenvalue weighted by Gasteiger charge is 2.14. The third kappa shape index (κ3) is 2.30. The fraction of sp³-hybridized carbons (Fsp3) is 0.167. The molecule has 0 aliphatic heterocycles. The average molecular weight is 311 g/mol. The van der Waals surface area contributed by atoms with E-state index in [0.717, 1.165) is 16.6 Å². The van der Waals surface area contributed by atoms with Crippen LogP contribution in [-0.2, 0) is 22.6 Å². The lowest BCUT2D eigenvalue weighted by Crippen LogP contribution is -2.02. The van der Waals surface area contributed by atoms with Gasteiger partial charge < -0.3 is 0 Å². The van der Waals surface area contributed by atoms with E-state index in [4.69, 9.17) is 10.7 Å². The molecule has 0 unspecified atom stereocenters. The van der Waals surface area contributed by atoms with E-state index >= 15 is 0 Å². The van der Waals surface area contributed by atoms with E-state index in [2.05, 4.69) is 10.2 Å². The summed E-state index contributed by atoms with van der Waals surface area (Å²) >= 11 is 0. The summed E-state index contributed by atoms with van der Waals surface area (Å²) in [5.41, 5.74) is 1.84. The SMILES string of the molecule is Cn1nc(Cn2cc(S(=O)(=O)Cl)cn2)c2ccccc21. The zero-order valence-corrected chi connectivity index (χ0v) is 12.1. The summed E-state index contributed by atoms with van der Waals surface area (Å²) in [6.07, 6.45) is 2.62. The van der Waals surface area contributed by atoms with Crippen LogP contribution in [0.3, 0.4) is 0 Å². The van der Waals surface area contributed by atoms with Gasteiger partial charge in [0.1, 0.15) is 4.90 Å². The molecular weight excluding hydrogens is 300 g/mol. The minimum atomic E-state index is -3.75. The number of fused-ring (bicyclic) bond motifs is 1. The number of hydrogen-bond acceptors (Lipinski definition) is 4. The van der Waals surface area contributed by atoms with E-state index in [9.17, 15) is 8.42 Å². The molecule has 0 fully saturated rings. The number of aromatic nitrogens is 4. The van der Waals surface area contributed by atoms with Gasteiger partial charge in [-0.25, -0.2) is 8.42 Å². The normalized spacial score (nSPS) is 12.1. The summed E-state index contributed by atoms with van der Waals surface area (Å²) in [5, 5.41) is 9.44. The highest BCUT2D eigenvalue weighted by atomic mass is 35.7. The highest BCUT2D eigenvalue weighted by Crippen LogP contribution is 2.19. The van der Waals surface area contributed by atoms with Gasteiger partial charge in [0, 0.05) is 29.3 Å². The quantitative estimate of drug-likeness (QED) is 0.691. The Morgan fingerprint density at radius 3 is 2.75 bits per heavy atom. The van der Waals surface area contributed by atoms with Crippen LogP contribution in [-0.4, -0.2) is 28.0 Å². The van der Waals surface area contributed by atoms with Gasteiger partial charge in [-0.2, -0.15) is 10.2 Å². The molecule has 0 bridgehead atoms. The summed E-state index contributed by atoms with van der Waals surface area (Å²) in [7, 11) is 3.39. The number of rotatable bonds is 3. The van der Waals surface area contributed by atoms with Crippen LogP contribution < -0.4 is 0 Å². The fourth-order valence-electron chi connectivity index (χ4n) is 2.12. The molecule has 0 spiro atoms. The number of benzene rings is 1. The second kappa shape index (κ2) is 4.60. The molecule has 0 saturated carbocycles. The van der Waals surface area contributed by atoms with Crippen molar-refractivity contribution in [3.8, 4) is 0 Å². The Kier molecular flexibility index (Phi) is 3.02. The van der Waals surface area contributed by atoms with Gasteiger partial charge in [-0.1, -0.05) is 18.2 Å². The highest BCUT2D eigenvalue weighted by molar-refractivity contribution is 8.13. The lowest BCUT2D eigenvalue weighted by Gasteiger charge is -1.97. The number of aryl methyl sites for hydroxylation is 1. The molecule has 0 radical (unpaired) electrons. The zero-order valence-electron chi connectivity index (χ0n) is 10.6. The molecule has 20 heavy (non-hydrogen) atoms. The van der Waals surface area contributed by atoms with Gasteiger partial charge in [0.15, 0.2) is 0 Å². The second-order valence-corrected chi connectivity index (χ2v) is 6.96. The first-order valence-corrected chi connectivity index (χ1v) is 8.14. The molecule has 0 N–H and O–H groups in total. The monoisotopic (exact) mass is 310 g/mol. The molecule has 8 heteroatoms. The fourth-order valence-corrected chi connectivity index (χ4v) is 2.78. The van der Waals surface area contributed by atoms with Crippen molar-refractivity contribution in [1.82, 2.24) is 19.6 Å². The van der Waals surface area contributed by atoms with Crippen molar-refractivity contribution in [1.29, 1.82) is 0 Å². The number of hydrogen-bond donors (Lipinski definition) is 0. The van der Waals surface area contributed by atoms with E-state index in [-0.39, 0.29) is 4.90 Å². The Morgan fingerprint density at radius 1 is 1.30 bits per heavy atom. The van der Waals surface area contributed by atoms with Crippen LogP contribution in [0.4, 0.5) is 0 Å². The lowest BCUT2D eigenvalue weighted by atomic mass is 10.2. The molecule has 0 aliphatic carbocycles. The molecule has 2 aromatic heterocycles. The van der Waals surface area contributed by atoms with Crippen molar-refractivity contribution in [3.05, 3.63) is 42.4 Å². The second-order valence-electron chi connectivity index (χ2n) is 4.40. The minimum Gasteiger partial charge on any atom is -0.268 e. The molecule has 0 atom stereocenters. The summed E-state index contributed by atoms with van der Waals surface area (Å²) in [6.45, 7) is 0.383. The van der Waals surface area contributed by atoms with E-state index in [1.165, 1.54) is 17.1 Å². The van der Waals surface area contributed by atoms with Crippen LogP contribution in [0, 0.1) is 0 Å². The van der Waals surface area contributed by atoms with Crippen molar-refractivity contribution in [2.75, 3.05) is 0 Å². The smallest absolute Gasteiger partial charge is 0.264 e. The van der Waals surface area contributed by atoms with Gasteiger partial charge in [-0.15, -0.1) is 0 Å². The number of nitrogens with zero attached hydrogens (tertiary/aromatic N) is 4. The minimum absolute atomic E-state index is 0.0144. The maximum Gasteiger partial charge on any atom is 0.264 e. The molecule has 3 aromatic rings. The molecule has 3 rings (SSSR count). The Hall–Kier alpha value is -1.86. The molecule has 0 amide bonds. The first-order valence-electron chi connectivity index (χ1n) is 5.83. The third-order valence-corrected chi connectivity index (χ3v) is 4.35. The first-order chi connectivity index (χ1) is 9.45. The van der Waals surface area contributed by atoms with Crippen molar-refractivity contribution in [2.45, 2.75) is 11.4 Å². The van der Waals surface area contributed by atoms with Gasteiger partial charge >= 0.3 is 0 Å². The predicted octanol–water partition coefficient (Wildman–Crippen LogP) is 1.75. The standard InChI is InChI=1S/C12H11ClN4O2S/c1-16-12-5-3-2-4-10(12)11(15-16)8-17-7-9(6-14-17)20(13,18)19/h2-7H,8H2,1H3. The molecule has 104 valence electrons. The van der Waals surface area contributed by atoms with Gasteiger partial charge in [0.2, 0.25) is 0 Å². The van der Waals surface area contributed by atoms with E-state index < -0.39 is 9.05 Å². The van der Waals surface area contributed by atoms with E-state index in [0.29, 0.717) is 6.54 Å². The third-order valence-electron chi connectivity index (χ3n) is 3.04. The maximum absolute atomic E-state index is 11.2. The van der Waals surface area contributed by atoms with E-state index in [1.807, 2.05) is 31.3 Å². The summed E-state index contributed by atoms with van der Waals surface area (Å²) < 4.78 is 25.7. The van der Waals surface area contributed by atoms with Crippen molar-refractivity contribution in [2.24, 2.45) is 7.05 Å². The zero-order chi connectivity index (χ0) is 14.3. The predicted molar refractivity (Wildman–Crippen MR) is 75.1 cm³/mol. The van der Waals surface area contributed by atoms with Crippen LogP contribution in [0.15, 0.2) is 41.6 Å². The maximum atomic E-state index is 11.2. The molecule has 1 aromatic carbocycles. The Morgan fingerprint density at radius 2 is 2.05 bits per heavy atom. The summed E-state index contributed by atoms with van der Waals surface area (Å²) in [4.78, 5) is -0.0144. The van der Waals surface area contributed by atoms with Gasteiger partial charge in [-0.3, -0.25) is 9.36 Å².